The van der Waals surface area contributed by atoms with Gasteiger partial charge in [0.2, 0.25) is 0 Å². The van der Waals surface area contributed by atoms with Crippen molar-refractivity contribution in [2.24, 2.45) is 5.92 Å². The third kappa shape index (κ3) is 2.71. The Morgan fingerprint density at radius 3 is 3.00 bits per heavy atom. The lowest BCUT2D eigenvalue weighted by Gasteiger charge is -2.14. The van der Waals surface area contributed by atoms with Gasteiger partial charge >= 0.3 is 0 Å². The van der Waals surface area contributed by atoms with Crippen molar-refractivity contribution < 1.29 is 14.3 Å². The molecule has 0 bridgehead atoms. The lowest BCUT2D eigenvalue weighted by Crippen LogP contribution is -2.31. The molecule has 1 amide bonds. The molecule has 1 aliphatic rings. The molecule has 0 saturated carbocycles. The number of carbonyl (C=O) groups is 2. The first-order chi connectivity index (χ1) is 8.20. The molecule has 0 radical (unpaired) electrons. The molecule has 90 valence electrons. The van der Waals surface area contributed by atoms with E-state index >= 15 is 0 Å². The summed E-state index contributed by atoms with van der Waals surface area (Å²) in [5.74, 6) is 0.0994. The Morgan fingerprint density at radius 1 is 1.53 bits per heavy atom. The monoisotopic (exact) mass is 233 g/mol. The molecule has 1 aromatic rings. The minimum absolute atomic E-state index is 0.141. The average Bonchev–Trinajstić information content (AvgIpc) is 2.76. The Hall–Kier alpha value is -1.68. The fourth-order valence-electron chi connectivity index (χ4n) is 1.93. The third-order valence-electron chi connectivity index (χ3n) is 2.94. The van der Waals surface area contributed by atoms with Gasteiger partial charge < -0.3 is 10.1 Å². The molecule has 1 aliphatic heterocycles. The van der Waals surface area contributed by atoms with Crippen LogP contribution in [0, 0.1) is 5.92 Å². The Balaban J connectivity index is 2.04. The second-order valence-corrected chi connectivity index (χ2v) is 4.29. The summed E-state index contributed by atoms with van der Waals surface area (Å²) in [4.78, 5) is 22.5. The van der Waals surface area contributed by atoms with E-state index in [0.717, 1.165) is 12.7 Å². The molecular weight excluding hydrogens is 218 g/mol. The summed E-state index contributed by atoms with van der Waals surface area (Å²) in [7, 11) is 0. The quantitative estimate of drug-likeness (QED) is 0.811. The summed E-state index contributed by atoms with van der Waals surface area (Å²) < 4.78 is 5.37. The fraction of sp³-hybridized carbons (Fsp3) is 0.385. The third-order valence-corrected chi connectivity index (χ3v) is 2.94. The van der Waals surface area contributed by atoms with E-state index in [9.17, 15) is 9.59 Å². The van der Waals surface area contributed by atoms with E-state index in [-0.39, 0.29) is 17.9 Å². The molecule has 2 atom stereocenters. The van der Waals surface area contributed by atoms with Gasteiger partial charge in [0.1, 0.15) is 12.4 Å². The molecule has 1 saturated heterocycles. The second kappa shape index (κ2) is 5.10. The van der Waals surface area contributed by atoms with Gasteiger partial charge in [0.05, 0.1) is 0 Å². The zero-order valence-electron chi connectivity index (χ0n) is 9.68. The van der Waals surface area contributed by atoms with Gasteiger partial charge in [-0.25, -0.2) is 0 Å². The van der Waals surface area contributed by atoms with Crippen LogP contribution >= 0.6 is 0 Å². The first-order valence-electron chi connectivity index (χ1n) is 5.68. The Bertz CT molecular complexity index is 430. The number of amides is 1. The lowest BCUT2D eigenvalue weighted by atomic mass is 10.0. The van der Waals surface area contributed by atoms with E-state index in [1.807, 2.05) is 6.92 Å². The molecule has 1 N–H and O–H groups in total. The molecule has 0 spiro atoms. The van der Waals surface area contributed by atoms with Crippen LogP contribution in [0.4, 0.5) is 5.69 Å². The van der Waals surface area contributed by atoms with Crippen molar-refractivity contribution in [2.75, 3.05) is 11.9 Å². The van der Waals surface area contributed by atoms with E-state index in [2.05, 4.69) is 5.32 Å². The number of nitrogens with one attached hydrogen (secondary N) is 1. The number of hydrogen-bond donors (Lipinski definition) is 1. The van der Waals surface area contributed by atoms with Crippen molar-refractivity contribution in [3.05, 3.63) is 29.8 Å². The van der Waals surface area contributed by atoms with Crippen LogP contribution in [0.3, 0.4) is 0 Å². The smallest absolute Gasteiger partial charge is 0.253 e. The summed E-state index contributed by atoms with van der Waals surface area (Å²) in [6.45, 7) is 2.63. The number of aldehydes is 1. The molecule has 1 fully saturated rings. The highest BCUT2D eigenvalue weighted by molar-refractivity contribution is 5.95. The van der Waals surface area contributed by atoms with E-state index in [1.54, 1.807) is 24.3 Å². The van der Waals surface area contributed by atoms with Crippen molar-refractivity contribution in [1.29, 1.82) is 0 Å². The predicted octanol–water partition coefficient (Wildman–Crippen LogP) is 1.86. The Labute approximate surface area is 100.0 Å². The maximum absolute atomic E-state index is 11.9. The number of hydrogen-bond acceptors (Lipinski definition) is 3. The van der Waals surface area contributed by atoms with Crippen LogP contribution < -0.4 is 5.32 Å². The van der Waals surface area contributed by atoms with Gasteiger partial charge in [0.25, 0.3) is 5.91 Å². The molecule has 4 nitrogen and oxygen atoms in total. The van der Waals surface area contributed by atoms with Gasteiger partial charge in [0.15, 0.2) is 0 Å². The number of carbonyl (C=O) groups excluding carboxylic acids is 2. The van der Waals surface area contributed by atoms with Gasteiger partial charge in [-0.05, 0) is 24.5 Å². The van der Waals surface area contributed by atoms with Crippen LogP contribution in [0.1, 0.15) is 23.7 Å². The van der Waals surface area contributed by atoms with E-state index < -0.39 is 0 Å². The lowest BCUT2D eigenvalue weighted by molar-refractivity contribution is -0.126. The van der Waals surface area contributed by atoms with E-state index in [0.29, 0.717) is 17.9 Å². The second-order valence-electron chi connectivity index (χ2n) is 4.29. The van der Waals surface area contributed by atoms with Crippen LogP contribution in [0.15, 0.2) is 24.3 Å². The van der Waals surface area contributed by atoms with Gasteiger partial charge in [-0.1, -0.05) is 19.1 Å². The SMILES string of the molecule is CC1CCOC1C(=O)Nc1cccc(C=O)c1. The first kappa shape index (κ1) is 11.8. The van der Waals surface area contributed by atoms with Crippen molar-refractivity contribution in [3.8, 4) is 0 Å². The molecule has 2 unspecified atom stereocenters. The van der Waals surface area contributed by atoms with Crippen molar-refractivity contribution in [1.82, 2.24) is 0 Å². The summed E-state index contributed by atoms with van der Waals surface area (Å²) in [5.41, 5.74) is 1.17. The Morgan fingerprint density at radius 2 is 2.35 bits per heavy atom. The molecule has 17 heavy (non-hydrogen) atoms. The average molecular weight is 233 g/mol. The Kier molecular flexibility index (Phi) is 3.54. The molecule has 2 rings (SSSR count). The van der Waals surface area contributed by atoms with Crippen molar-refractivity contribution in [2.45, 2.75) is 19.4 Å². The summed E-state index contributed by atoms with van der Waals surface area (Å²) in [6.07, 6.45) is 1.28. The first-order valence-corrected chi connectivity index (χ1v) is 5.68. The minimum Gasteiger partial charge on any atom is -0.368 e. The van der Waals surface area contributed by atoms with E-state index in [4.69, 9.17) is 4.74 Å². The highest BCUT2D eigenvalue weighted by Crippen LogP contribution is 2.21. The number of anilines is 1. The predicted molar refractivity (Wildman–Crippen MR) is 64.0 cm³/mol. The number of benzene rings is 1. The highest BCUT2D eigenvalue weighted by Gasteiger charge is 2.30. The number of rotatable bonds is 3. The van der Waals surface area contributed by atoms with Gasteiger partial charge in [-0.2, -0.15) is 0 Å². The zero-order chi connectivity index (χ0) is 12.3. The fourth-order valence-corrected chi connectivity index (χ4v) is 1.93. The van der Waals surface area contributed by atoms with Gasteiger partial charge in [-0.15, -0.1) is 0 Å². The van der Waals surface area contributed by atoms with Crippen LogP contribution in [-0.2, 0) is 9.53 Å². The van der Waals surface area contributed by atoms with Gasteiger partial charge in [0, 0.05) is 17.9 Å². The molecule has 4 heteroatoms. The normalized spacial score (nSPS) is 23.4. The molecule has 1 heterocycles. The van der Waals surface area contributed by atoms with Gasteiger partial charge in [-0.3, -0.25) is 9.59 Å². The minimum atomic E-state index is -0.380. The van der Waals surface area contributed by atoms with E-state index in [1.165, 1.54) is 0 Å². The van der Waals surface area contributed by atoms with Crippen molar-refractivity contribution in [3.63, 3.8) is 0 Å². The van der Waals surface area contributed by atoms with Crippen LogP contribution in [0.25, 0.3) is 0 Å². The molecular formula is C13H15NO3. The summed E-state index contributed by atoms with van der Waals surface area (Å²) >= 11 is 0. The molecule has 0 aliphatic carbocycles. The molecule has 1 aromatic carbocycles. The largest absolute Gasteiger partial charge is 0.368 e. The molecule has 0 aromatic heterocycles. The number of ether oxygens (including phenoxy) is 1. The van der Waals surface area contributed by atoms with Crippen LogP contribution in [-0.4, -0.2) is 24.9 Å². The van der Waals surface area contributed by atoms with Crippen LogP contribution in [0.5, 0.6) is 0 Å². The highest BCUT2D eigenvalue weighted by atomic mass is 16.5. The topological polar surface area (TPSA) is 55.4 Å². The van der Waals surface area contributed by atoms with Crippen molar-refractivity contribution >= 4 is 17.9 Å². The standard InChI is InChI=1S/C13H15NO3/c1-9-5-6-17-12(9)13(16)14-11-4-2-3-10(7-11)8-15/h2-4,7-9,12H,5-6H2,1H3,(H,14,16). The van der Waals surface area contributed by atoms with Crippen LogP contribution in [0.2, 0.25) is 0 Å². The summed E-state index contributed by atoms with van der Waals surface area (Å²) in [6, 6.07) is 6.82. The zero-order valence-corrected chi connectivity index (χ0v) is 9.68. The summed E-state index contributed by atoms with van der Waals surface area (Å²) in [5, 5.41) is 2.77. The maximum atomic E-state index is 11.9. The maximum Gasteiger partial charge on any atom is 0.253 e.